The van der Waals surface area contributed by atoms with Gasteiger partial charge in [-0.3, -0.25) is 9.59 Å². The number of carbonyl (C=O) groups is 2. The van der Waals surface area contributed by atoms with Gasteiger partial charge in [0.05, 0.1) is 30.0 Å². The minimum Gasteiger partial charge on any atom is -0.493 e. The van der Waals surface area contributed by atoms with Crippen LogP contribution in [0, 0.1) is 0 Å². The highest BCUT2D eigenvalue weighted by Crippen LogP contribution is 2.42. The van der Waals surface area contributed by atoms with E-state index in [0.29, 0.717) is 27.6 Å². The standard InChI is InChI=1S/C18H14BrClO5/c19-10-4-5-12(15(8-10)24-7-6-17(22)23)16-9-14(21)11-2-1-3-13(20)18(11)25-16/h1-5,8,16H,6-7,9H2,(H,22,23). The number of hydrogen-bond donors (Lipinski definition) is 1. The van der Waals surface area contributed by atoms with Crippen LogP contribution in [0.5, 0.6) is 11.5 Å². The predicted molar refractivity (Wildman–Crippen MR) is 95.7 cm³/mol. The lowest BCUT2D eigenvalue weighted by atomic mass is 9.96. The van der Waals surface area contributed by atoms with Crippen LogP contribution in [0.1, 0.15) is 34.9 Å². The van der Waals surface area contributed by atoms with Gasteiger partial charge >= 0.3 is 5.97 Å². The summed E-state index contributed by atoms with van der Waals surface area (Å²) >= 11 is 9.53. The lowest BCUT2D eigenvalue weighted by molar-refractivity contribution is -0.137. The van der Waals surface area contributed by atoms with Gasteiger partial charge in [-0.05, 0) is 24.3 Å². The number of ketones is 1. The van der Waals surface area contributed by atoms with Crippen molar-refractivity contribution in [3.8, 4) is 11.5 Å². The number of fused-ring (bicyclic) bond motifs is 1. The summed E-state index contributed by atoms with van der Waals surface area (Å²) < 4.78 is 12.3. The second-order valence-electron chi connectivity index (χ2n) is 5.52. The molecule has 1 N–H and O–H groups in total. The topological polar surface area (TPSA) is 72.8 Å². The number of carboxylic acid groups (broad SMARTS) is 1. The normalized spacial score (nSPS) is 16.1. The molecule has 1 heterocycles. The van der Waals surface area contributed by atoms with Crippen molar-refractivity contribution < 1.29 is 24.2 Å². The van der Waals surface area contributed by atoms with Crippen LogP contribution in [0.3, 0.4) is 0 Å². The molecule has 0 aliphatic carbocycles. The van der Waals surface area contributed by atoms with Crippen LogP contribution in [0.4, 0.5) is 0 Å². The molecule has 3 rings (SSSR count). The van der Waals surface area contributed by atoms with Gasteiger partial charge in [0.1, 0.15) is 17.6 Å². The molecule has 25 heavy (non-hydrogen) atoms. The second kappa shape index (κ2) is 7.45. The molecule has 1 aliphatic heterocycles. The van der Waals surface area contributed by atoms with Gasteiger partial charge in [-0.25, -0.2) is 0 Å². The van der Waals surface area contributed by atoms with Gasteiger partial charge in [0.15, 0.2) is 5.78 Å². The highest BCUT2D eigenvalue weighted by atomic mass is 79.9. The second-order valence-corrected chi connectivity index (χ2v) is 6.85. The molecule has 5 nitrogen and oxygen atoms in total. The summed E-state index contributed by atoms with van der Waals surface area (Å²) in [5, 5.41) is 9.14. The van der Waals surface area contributed by atoms with Crippen LogP contribution in [-0.2, 0) is 4.79 Å². The third kappa shape index (κ3) is 3.96. The fraction of sp³-hybridized carbons (Fsp3) is 0.222. The smallest absolute Gasteiger partial charge is 0.306 e. The molecule has 1 atom stereocenters. The summed E-state index contributed by atoms with van der Waals surface area (Å²) in [5.74, 6) is -0.164. The average molecular weight is 426 g/mol. The first-order valence-corrected chi connectivity index (χ1v) is 8.75. The fourth-order valence-electron chi connectivity index (χ4n) is 2.63. The highest BCUT2D eigenvalue weighted by molar-refractivity contribution is 9.10. The van der Waals surface area contributed by atoms with E-state index in [2.05, 4.69) is 15.9 Å². The first kappa shape index (κ1) is 17.8. The van der Waals surface area contributed by atoms with Crippen LogP contribution < -0.4 is 9.47 Å². The molecule has 0 saturated heterocycles. The lowest BCUT2D eigenvalue weighted by Gasteiger charge is -2.27. The number of hydrogen-bond acceptors (Lipinski definition) is 4. The molecule has 1 aliphatic rings. The Morgan fingerprint density at radius 1 is 1.36 bits per heavy atom. The van der Waals surface area contributed by atoms with Crippen LogP contribution in [0.2, 0.25) is 5.02 Å². The molecular weight excluding hydrogens is 412 g/mol. The van der Waals surface area contributed by atoms with Gasteiger partial charge in [0.2, 0.25) is 0 Å². The van der Waals surface area contributed by atoms with Gasteiger partial charge in [-0.2, -0.15) is 0 Å². The Kier molecular flexibility index (Phi) is 5.30. The highest BCUT2D eigenvalue weighted by Gasteiger charge is 2.31. The minimum absolute atomic E-state index is 0.0246. The number of aliphatic carboxylic acids is 1. The zero-order chi connectivity index (χ0) is 18.0. The van der Waals surface area contributed by atoms with E-state index in [1.807, 2.05) is 6.07 Å². The number of carbonyl (C=O) groups excluding carboxylic acids is 1. The zero-order valence-corrected chi connectivity index (χ0v) is 15.3. The Labute approximate surface area is 157 Å². The van der Waals surface area contributed by atoms with Gasteiger partial charge in [-0.1, -0.05) is 39.7 Å². The van der Waals surface area contributed by atoms with E-state index in [0.717, 1.165) is 4.47 Å². The van der Waals surface area contributed by atoms with Crippen molar-refractivity contribution in [2.45, 2.75) is 18.9 Å². The van der Waals surface area contributed by atoms with Crippen molar-refractivity contribution in [2.75, 3.05) is 6.61 Å². The van der Waals surface area contributed by atoms with Crippen molar-refractivity contribution in [1.82, 2.24) is 0 Å². The SMILES string of the molecule is O=C(O)CCOc1cc(Br)ccc1C1CC(=O)c2cccc(Cl)c2O1. The van der Waals surface area contributed by atoms with E-state index in [1.54, 1.807) is 30.3 Å². The molecule has 0 radical (unpaired) electrons. The minimum atomic E-state index is -0.943. The third-order valence-corrected chi connectivity index (χ3v) is 4.59. The molecule has 0 amide bonds. The maximum Gasteiger partial charge on any atom is 0.306 e. The average Bonchev–Trinajstić information content (AvgIpc) is 2.55. The predicted octanol–water partition coefficient (Wildman–Crippen LogP) is 4.66. The number of ether oxygens (including phenoxy) is 2. The molecule has 0 aromatic heterocycles. The van der Waals surface area contributed by atoms with Crippen LogP contribution >= 0.6 is 27.5 Å². The number of benzene rings is 2. The van der Waals surface area contributed by atoms with Crippen molar-refractivity contribution in [1.29, 1.82) is 0 Å². The quantitative estimate of drug-likeness (QED) is 0.754. The summed E-state index contributed by atoms with van der Waals surface area (Å²) in [4.78, 5) is 23.1. The van der Waals surface area contributed by atoms with Crippen LogP contribution in [0.25, 0.3) is 0 Å². The molecule has 130 valence electrons. The summed E-state index contributed by atoms with van der Waals surface area (Å²) in [6.45, 7) is 0.0246. The molecule has 1 unspecified atom stereocenters. The molecule has 0 saturated carbocycles. The van der Waals surface area contributed by atoms with E-state index in [9.17, 15) is 9.59 Å². The van der Waals surface area contributed by atoms with Gasteiger partial charge < -0.3 is 14.6 Å². The van der Waals surface area contributed by atoms with Crippen LogP contribution in [0.15, 0.2) is 40.9 Å². The number of carboxylic acids is 1. The molecule has 0 bridgehead atoms. The molecule has 7 heteroatoms. The summed E-state index contributed by atoms with van der Waals surface area (Å²) in [5.41, 5.74) is 1.14. The van der Waals surface area contributed by atoms with Gasteiger partial charge in [-0.15, -0.1) is 0 Å². The summed E-state index contributed by atoms with van der Waals surface area (Å²) in [7, 11) is 0. The Morgan fingerprint density at radius 2 is 2.16 bits per heavy atom. The van der Waals surface area contributed by atoms with E-state index in [1.165, 1.54) is 0 Å². The van der Waals surface area contributed by atoms with E-state index in [4.69, 9.17) is 26.2 Å². The maximum atomic E-state index is 12.4. The number of para-hydroxylation sites is 1. The first-order chi connectivity index (χ1) is 12.0. The fourth-order valence-corrected chi connectivity index (χ4v) is 3.19. The van der Waals surface area contributed by atoms with Crippen molar-refractivity contribution in [3.63, 3.8) is 0 Å². The van der Waals surface area contributed by atoms with E-state index < -0.39 is 12.1 Å². The molecule has 0 fully saturated rings. The summed E-state index contributed by atoms with van der Waals surface area (Å²) in [6.07, 6.45) is -0.511. The largest absolute Gasteiger partial charge is 0.493 e. The molecule has 2 aromatic rings. The van der Waals surface area contributed by atoms with Gasteiger partial charge in [0.25, 0.3) is 0 Å². The monoisotopic (exact) mass is 424 g/mol. The molecule has 2 aromatic carbocycles. The van der Waals surface area contributed by atoms with Crippen molar-refractivity contribution >= 4 is 39.3 Å². The molecule has 0 spiro atoms. The zero-order valence-electron chi connectivity index (χ0n) is 13.0. The number of halogens is 2. The Morgan fingerprint density at radius 3 is 2.92 bits per heavy atom. The van der Waals surface area contributed by atoms with Crippen molar-refractivity contribution in [2.24, 2.45) is 0 Å². The maximum absolute atomic E-state index is 12.4. The summed E-state index contributed by atoms with van der Waals surface area (Å²) in [6, 6.07) is 10.4. The van der Waals surface area contributed by atoms with E-state index >= 15 is 0 Å². The lowest BCUT2D eigenvalue weighted by Crippen LogP contribution is -2.21. The van der Waals surface area contributed by atoms with Crippen LogP contribution in [-0.4, -0.2) is 23.5 Å². The molecular formula is C18H14BrClO5. The third-order valence-electron chi connectivity index (χ3n) is 3.79. The first-order valence-electron chi connectivity index (χ1n) is 7.58. The number of rotatable bonds is 5. The van der Waals surface area contributed by atoms with E-state index in [-0.39, 0.29) is 25.2 Å². The Bertz CT molecular complexity index is 836. The number of Topliss-reactive ketones (excluding diaryl/α,β-unsaturated/α-hetero) is 1. The van der Waals surface area contributed by atoms with Gasteiger partial charge in [0, 0.05) is 10.0 Å². The Hall–Kier alpha value is -2.05. The van der Waals surface area contributed by atoms with Crippen molar-refractivity contribution in [3.05, 3.63) is 57.0 Å². The Balaban J connectivity index is 1.90.